The molecule has 0 bridgehead atoms. The first-order valence-electron chi connectivity index (χ1n) is 20.7. The van der Waals surface area contributed by atoms with E-state index in [0.717, 1.165) is 89.2 Å². The molecule has 4 N–H and O–H groups in total. The highest BCUT2D eigenvalue weighted by Gasteiger charge is 2.47. The zero-order chi connectivity index (χ0) is 40.5. The highest BCUT2D eigenvalue weighted by Crippen LogP contribution is 2.47. The van der Waals surface area contributed by atoms with Gasteiger partial charge < -0.3 is 25.6 Å². The SMILES string of the molecule is Nc1ncnc2c(C3CCCCC3)sc(-c3ccc(Oc4ccccc4)cc3)c12.O=C1CCC(N2C(=O)c3cccc(N4CC(CN5CCNCC5)C4)c3C2=O)C(=O)N1. The Morgan fingerprint density at radius 3 is 2.31 bits per heavy atom. The minimum atomic E-state index is -0.931. The molecule has 4 amide bonds. The summed E-state index contributed by atoms with van der Waals surface area (Å²) in [6, 6.07) is 22.4. The average Bonchev–Trinajstić information content (AvgIpc) is 3.76. The number of imide groups is 2. The van der Waals surface area contributed by atoms with E-state index in [1.807, 2.05) is 59.9 Å². The van der Waals surface area contributed by atoms with Crippen LogP contribution in [0.1, 0.15) is 76.5 Å². The lowest BCUT2D eigenvalue weighted by Gasteiger charge is -2.44. The number of aromatic nitrogens is 2. The number of hydrogen-bond donors (Lipinski definition) is 3. The largest absolute Gasteiger partial charge is 0.457 e. The average molecular weight is 813 g/mol. The van der Waals surface area contributed by atoms with Crippen LogP contribution in [0.15, 0.2) is 79.1 Å². The molecule has 14 heteroatoms. The number of nitrogens with two attached hydrogens (primary N) is 1. The van der Waals surface area contributed by atoms with Gasteiger partial charge in [-0.05, 0) is 79.3 Å². The molecule has 0 spiro atoms. The van der Waals surface area contributed by atoms with Gasteiger partial charge in [0.2, 0.25) is 11.8 Å². The summed E-state index contributed by atoms with van der Waals surface area (Å²) in [5.41, 5.74) is 9.95. The van der Waals surface area contributed by atoms with Crippen LogP contribution in [0.4, 0.5) is 11.5 Å². The van der Waals surface area contributed by atoms with Crippen molar-refractivity contribution >= 4 is 57.4 Å². The van der Waals surface area contributed by atoms with Gasteiger partial charge in [0, 0.05) is 67.9 Å². The third-order valence-corrected chi connectivity index (χ3v) is 13.5. The number of rotatable bonds is 8. The fraction of sp³-hybridized carbons (Fsp3) is 0.378. The van der Waals surface area contributed by atoms with Crippen molar-refractivity contribution in [1.29, 1.82) is 0 Å². The third-order valence-electron chi connectivity index (χ3n) is 12.1. The van der Waals surface area contributed by atoms with Crippen molar-refractivity contribution in [3.63, 3.8) is 0 Å². The van der Waals surface area contributed by atoms with E-state index in [4.69, 9.17) is 10.5 Å². The Bertz CT molecular complexity index is 2370. The van der Waals surface area contributed by atoms with Crippen molar-refractivity contribution in [3.05, 3.63) is 95.1 Å². The number of benzene rings is 3. The van der Waals surface area contributed by atoms with E-state index in [2.05, 4.69) is 42.5 Å². The molecule has 59 heavy (non-hydrogen) atoms. The number of hydrogen-bond acceptors (Lipinski definition) is 12. The molecule has 5 aromatic rings. The van der Waals surface area contributed by atoms with Crippen LogP contribution in [0.5, 0.6) is 11.5 Å². The minimum absolute atomic E-state index is 0.122. The topological polar surface area (TPSA) is 163 Å². The first-order chi connectivity index (χ1) is 28.8. The maximum Gasteiger partial charge on any atom is 0.264 e. The second-order valence-corrected chi connectivity index (χ2v) is 17.1. The van der Waals surface area contributed by atoms with Gasteiger partial charge in [-0.15, -0.1) is 11.3 Å². The second kappa shape index (κ2) is 16.9. The van der Waals surface area contributed by atoms with Crippen molar-refractivity contribution in [2.24, 2.45) is 5.92 Å². The number of fused-ring (bicyclic) bond motifs is 2. The summed E-state index contributed by atoms with van der Waals surface area (Å²) in [6.45, 7) is 6.91. The van der Waals surface area contributed by atoms with Gasteiger partial charge in [0.1, 0.15) is 29.7 Å². The smallest absolute Gasteiger partial charge is 0.264 e. The molecule has 1 saturated carbocycles. The minimum Gasteiger partial charge on any atom is -0.457 e. The Kier molecular flexibility index (Phi) is 11.1. The standard InChI is InChI=1S/C24H23N3OS.C21H25N5O4/c25-24-20-21(26-15-27-24)23(16-7-3-1-4-8-16)29-22(20)17-11-13-19(14-12-17)28-18-9-5-2-6-10-18;27-17-5-4-16(19(28)23-17)26-20(29)14-2-1-3-15(18(14)21(26)30)25-11-13(12-25)10-24-8-6-22-7-9-24/h2,5-6,9-16H,1,3-4,7-8H2,(H2,25,26,27);1-3,13,16,22H,4-12H2,(H,23,27,28). The first-order valence-corrected chi connectivity index (χ1v) is 21.5. The molecule has 304 valence electrons. The highest BCUT2D eigenvalue weighted by molar-refractivity contribution is 7.17. The quantitative estimate of drug-likeness (QED) is 0.153. The number of nitrogens with zero attached hydrogens (tertiary/aromatic N) is 5. The fourth-order valence-electron chi connectivity index (χ4n) is 9.06. The molecule has 5 aliphatic rings. The molecular weight excluding hydrogens is 765 g/mol. The molecular formula is C45H48N8O5S. The number of nitrogens with one attached hydrogen (secondary N) is 2. The maximum atomic E-state index is 13.2. The molecule has 1 atom stereocenters. The fourth-order valence-corrected chi connectivity index (χ4v) is 10.5. The van der Waals surface area contributed by atoms with Crippen molar-refractivity contribution in [1.82, 2.24) is 30.4 Å². The number of para-hydroxylation sites is 1. The second-order valence-electron chi connectivity index (χ2n) is 16.0. The van der Waals surface area contributed by atoms with Gasteiger partial charge in [0.15, 0.2) is 0 Å². The predicted octanol–water partition coefficient (Wildman–Crippen LogP) is 6.21. The zero-order valence-corrected chi connectivity index (χ0v) is 33.7. The number of carbonyl (C=O) groups is 4. The van der Waals surface area contributed by atoms with E-state index in [1.165, 1.54) is 37.0 Å². The van der Waals surface area contributed by atoms with Crippen LogP contribution in [0, 0.1) is 5.92 Å². The van der Waals surface area contributed by atoms with E-state index in [0.29, 0.717) is 28.8 Å². The van der Waals surface area contributed by atoms with Crippen molar-refractivity contribution in [3.8, 4) is 21.9 Å². The predicted molar refractivity (Wildman–Crippen MR) is 228 cm³/mol. The summed E-state index contributed by atoms with van der Waals surface area (Å²) in [7, 11) is 0. The molecule has 1 unspecified atom stereocenters. The molecule has 4 fully saturated rings. The monoisotopic (exact) mass is 812 g/mol. The van der Waals surface area contributed by atoms with Gasteiger partial charge in [0.25, 0.3) is 11.8 Å². The number of thiophene rings is 1. The summed E-state index contributed by atoms with van der Waals surface area (Å²) in [5.74, 6) is 1.49. The van der Waals surface area contributed by atoms with Gasteiger partial charge in [-0.2, -0.15) is 0 Å². The Labute approximate surface area is 346 Å². The van der Waals surface area contributed by atoms with Gasteiger partial charge >= 0.3 is 0 Å². The van der Waals surface area contributed by atoms with Crippen molar-refractivity contribution in [2.75, 3.05) is 56.4 Å². The molecule has 0 radical (unpaired) electrons. The normalized spacial score (nSPS) is 20.2. The summed E-state index contributed by atoms with van der Waals surface area (Å²) < 4.78 is 5.93. The number of carbonyl (C=O) groups excluding carboxylic acids is 4. The van der Waals surface area contributed by atoms with Crippen LogP contribution in [-0.2, 0) is 9.59 Å². The van der Waals surface area contributed by atoms with Crippen LogP contribution in [0.25, 0.3) is 21.3 Å². The van der Waals surface area contributed by atoms with E-state index >= 15 is 0 Å². The number of piperazine rings is 1. The van der Waals surface area contributed by atoms with Crippen LogP contribution in [0.2, 0.25) is 0 Å². The number of piperidine rings is 1. The van der Waals surface area contributed by atoms with E-state index in [-0.39, 0.29) is 18.7 Å². The molecule has 13 nitrogen and oxygen atoms in total. The van der Waals surface area contributed by atoms with Crippen molar-refractivity contribution < 1.29 is 23.9 Å². The van der Waals surface area contributed by atoms with Crippen LogP contribution in [0.3, 0.4) is 0 Å². The summed E-state index contributed by atoms with van der Waals surface area (Å²) in [5, 5.41) is 6.59. The summed E-state index contributed by atoms with van der Waals surface area (Å²) >= 11 is 1.83. The van der Waals surface area contributed by atoms with Crippen molar-refractivity contribution in [2.45, 2.75) is 56.9 Å². The van der Waals surface area contributed by atoms with Gasteiger partial charge in [-0.25, -0.2) is 9.97 Å². The van der Waals surface area contributed by atoms with Crippen LogP contribution in [-0.4, -0.2) is 95.3 Å². The van der Waals surface area contributed by atoms with Crippen LogP contribution < -0.4 is 26.0 Å². The molecule has 10 rings (SSSR count). The van der Waals surface area contributed by atoms with Gasteiger partial charge in [-0.3, -0.25) is 29.4 Å². The Hall–Kier alpha value is -5.70. The summed E-state index contributed by atoms with van der Waals surface area (Å²) in [4.78, 5) is 66.9. The molecule has 1 aliphatic carbocycles. The number of anilines is 2. The molecule has 6 heterocycles. The first kappa shape index (κ1) is 38.8. The number of nitrogen functional groups attached to an aromatic ring is 1. The highest BCUT2D eigenvalue weighted by atomic mass is 32.1. The Morgan fingerprint density at radius 2 is 1.56 bits per heavy atom. The lowest BCUT2D eigenvalue weighted by Crippen LogP contribution is -2.55. The number of ether oxygens (including phenoxy) is 1. The third kappa shape index (κ3) is 7.91. The molecule has 3 saturated heterocycles. The molecule has 4 aliphatic heterocycles. The van der Waals surface area contributed by atoms with Gasteiger partial charge in [0.05, 0.1) is 27.7 Å². The van der Waals surface area contributed by atoms with E-state index in [1.54, 1.807) is 18.5 Å². The molecule has 3 aromatic carbocycles. The summed E-state index contributed by atoms with van der Waals surface area (Å²) in [6.07, 6.45) is 8.30. The van der Waals surface area contributed by atoms with E-state index in [9.17, 15) is 19.2 Å². The zero-order valence-electron chi connectivity index (χ0n) is 32.9. The lowest BCUT2D eigenvalue weighted by molar-refractivity contribution is -0.136. The maximum absolute atomic E-state index is 13.2. The van der Waals surface area contributed by atoms with E-state index < -0.39 is 23.8 Å². The van der Waals surface area contributed by atoms with Gasteiger partial charge in [-0.1, -0.05) is 43.5 Å². The number of amides is 4. The Balaban J connectivity index is 0.000000152. The molecule has 2 aromatic heterocycles. The van der Waals surface area contributed by atoms with Crippen LogP contribution >= 0.6 is 11.3 Å². The Morgan fingerprint density at radius 1 is 0.814 bits per heavy atom. The lowest BCUT2D eigenvalue weighted by atomic mass is 9.87.